The van der Waals surface area contributed by atoms with Crippen LogP contribution < -0.4 is 14.8 Å². The Labute approximate surface area is 181 Å². The number of nitrogens with one attached hydrogen (secondary N) is 2. The normalized spacial score (nSPS) is 11.5. The second-order valence-electron chi connectivity index (χ2n) is 6.37. The third-order valence-electron chi connectivity index (χ3n) is 4.32. The SMILES string of the molecule is COc1ccc(Nc2ncc(C(F)(F)F)c(-c3cc(CNSC)c(CCO)o3)n2)cc1. The number of ether oxygens (including phenoxy) is 1. The second-order valence-corrected chi connectivity index (χ2v) is 7.06. The molecule has 0 radical (unpaired) electrons. The number of halogens is 3. The van der Waals surface area contributed by atoms with E-state index in [2.05, 4.69) is 20.0 Å². The average molecular weight is 454 g/mol. The molecule has 0 bridgehead atoms. The number of anilines is 2. The van der Waals surface area contributed by atoms with Crippen molar-refractivity contribution in [3.8, 4) is 17.2 Å². The molecule has 11 heteroatoms. The van der Waals surface area contributed by atoms with Gasteiger partial charge in [0.05, 0.1) is 13.7 Å². The maximum atomic E-state index is 13.6. The average Bonchev–Trinajstić information content (AvgIpc) is 3.15. The highest BCUT2D eigenvalue weighted by Gasteiger charge is 2.36. The third kappa shape index (κ3) is 5.69. The molecule has 0 fully saturated rings. The van der Waals surface area contributed by atoms with Crippen LogP contribution in [0.2, 0.25) is 0 Å². The predicted molar refractivity (Wildman–Crippen MR) is 112 cm³/mol. The highest BCUT2D eigenvalue weighted by Crippen LogP contribution is 2.38. The largest absolute Gasteiger partial charge is 0.497 e. The van der Waals surface area contributed by atoms with Crippen LogP contribution in [0.25, 0.3) is 11.5 Å². The van der Waals surface area contributed by atoms with Gasteiger partial charge in [0.25, 0.3) is 0 Å². The van der Waals surface area contributed by atoms with Gasteiger partial charge in [0.15, 0.2) is 5.76 Å². The smallest absolute Gasteiger partial charge is 0.420 e. The Morgan fingerprint density at radius 2 is 1.97 bits per heavy atom. The molecule has 7 nitrogen and oxygen atoms in total. The van der Waals surface area contributed by atoms with Crippen LogP contribution in [0.15, 0.2) is 40.9 Å². The summed E-state index contributed by atoms with van der Waals surface area (Å²) in [5.41, 5.74) is -0.166. The van der Waals surface area contributed by atoms with Crippen molar-refractivity contribution in [1.29, 1.82) is 0 Å². The minimum Gasteiger partial charge on any atom is -0.497 e. The van der Waals surface area contributed by atoms with Gasteiger partial charge >= 0.3 is 6.18 Å². The quantitative estimate of drug-likeness (QED) is 0.410. The molecule has 0 aliphatic heterocycles. The van der Waals surface area contributed by atoms with Crippen LogP contribution in [0.1, 0.15) is 16.9 Å². The Kier molecular flexibility index (Phi) is 7.42. The fourth-order valence-electron chi connectivity index (χ4n) is 2.84. The minimum atomic E-state index is -4.67. The van der Waals surface area contributed by atoms with Crippen LogP contribution in [-0.2, 0) is 19.1 Å². The summed E-state index contributed by atoms with van der Waals surface area (Å²) in [5, 5.41) is 12.2. The molecule has 0 saturated carbocycles. The molecule has 0 saturated heterocycles. The zero-order chi connectivity index (χ0) is 22.4. The molecular formula is C20H21F3N4O3S. The number of alkyl halides is 3. The van der Waals surface area contributed by atoms with Crippen LogP contribution in [-0.4, -0.2) is 35.0 Å². The van der Waals surface area contributed by atoms with Crippen molar-refractivity contribution in [3.63, 3.8) is 0 Å². The van der Waals surface area contributed by atoms with Crippen molar-refractivity contribution < 1.29 is 27.4 Å². The summed E-state index contributed by atoms with van der Waals surface area (Å²) in [5.74, 6) is 0.972. The zero-order valence-corrected chi connectivity index (χ0v) is 17.6. The van der Waals surface area contributed by atoms with Crippen LogP contribution in [0.5, 0.6) is 5.75 Å². The monoisotopic (exact) mass is 454 g/mol. The predicted octanol–water partition coefficient (Wildman–Crippen LogP) is 4.41. The van der Waals surface area contributed by atoms with E-state index in [1.54, 1.807) is 24.3 Å². The number of benzene rings is 1. The summed E-state index contributed by atoms with van der Waals surface area (Å²) >= 11 is 1.36. The Morgan fingerprint density at radius 1 is 1.23 bits per heavy atom. The highest BCUT2D eigenvalue weighted by atomic mass is 32.2. The van der Waals surface area contributed by atoms with E-state index in [-0.39, 0.29) is 30.4 Å². The van der Waals surface area contributed by atoms with Gasteiger partial charge < -0.3 is 19.6 Å². The summed E-state index contributed by atoms with van der Waals surface area (Å²) in [4.78, 5) is 7.90. The Balaban J connectivity index is 2.01. The molecule has 166 valence electrons. The van der Waals surface area contributed by atoms with Crippen LogP contribution >= 0.6 is 11.9 Å². The lowest BCUT2D eigenvalue weighted by Crippen LogP contribution is -2.11. The second kappa shape index (κ2) is 10.0. The van der Waals surface area contributed by atoms with Crippen molar-refractivity contribution in [2.75, 3.05) is 25.3 Å². The Morgan fingerprint density at radius 3 is 2.58 bits per heavy atom. The molecule has 0 spiro atoms. The first-order chi connectivity index (χ1) is 14.9. The lowest BCUT2D eigenvalue weighted by molar-refractivity contribution is -0.137. The number of hydrogen-bond acceptors (Lipinski definition) is 8. The molecule has 0 amide bonds. The molecule has 0 aliphatic carbocycles. The molecule has 1 aromatic carbocycles. The molecule has 31 heavy (non-hydrogen) atoms. The fourth-order valence-corrected chi connectivity index (χ4v) is 3.14. The van der Waals surface area contributed by atoms with E-state index in [1.807, 2.05) is 6.26 Å². The van der Waals surface area contributed by atoms with Gasteiger partial charge in [0.2, 0.25) is 5.95 Å². The van der Waals surface area contributed by atoms with Gasteiger partial charge in [-0.2, -0.15) is 13.2 Å². The van der Waals surface area contributed by atoms with E-state index >= 15 is 0 Å². The zero-order valence-electron chi connectivity index (χ0n) is 16.8. The number of nitrogens with zero attached hydrogens (tertiary/aromatic N) is 2. The van der Waals surface area contributed by atoms with Gasteiger partial charge in [0, 0.05) is 30.4 Å². The van der Waals surface area contributed by atoms with Gasteiger partial charge in [-0.15, -0.1) is 0 Å². The molecule has 2 aromatic heterocycles. The van der Waals surface area contributed by atoms with Gasteiger partial charge in [0.1, 0.15) is 22.8 Å². The highest BCUT2D eigenvalue weighted by molar-refractivity contribution is 7.96. The Hall–Kier alpha value is -2.76. The molecule has 0 unspecified atom stereocenters. The summed E-state index contributed by atoms with van der Waals surface area (Å²) < 4.78 is 54.6. The first-order valence-corrected chi connectivity index (χ1v) is 10.4. The minimum absolute atomic E-state index is 0.0166. The third-order valence-corrected chi connectivity index (χ3v) is 4.75. The number of aliphatic hydroxyl groups is 1. The number of aromatic nitrogens is 2. The molecule has 2 heterocycles. The first kappa shape index (κ1) is 22.9. The van der Waals surface area contributed by atoms with Crippen molar-refractivity contribution in [2.45, 2.75) is 19.1 Å². The van der Waals surface area contributed by atoms with E-state index in [0.717, 1.165) is 6.20 Å². The van der Waals surface area contributed by atoms with Crippen molar-refractivity contribution in [2.24, 2.45) is 0 Å². The summed E-state index contributed by atoms with van der Waals surface area (Å²) in [7, 11) is 1.53. The van der Waals surface area contributed by atoms with E-state index < -0.39 is 11.7 Å². The number of methoxy groups -OCH3 is 1. The molecular weight excluding hydrogens is 433 g/mol. The maximum Gasteiger partial charge on any atom is 0.420 e. The summed E-state index contributed by atoms with van der Waals surface area (Å²) in [6, 6.07) is 8.29. The molecule has 3 rings (SSSR count). The molecule has 0 aliphatic rings. The van der Waals surface area contributed by atoms with Gasteiger partial charge in [-0.3, -0.25) is 4.72 Å². The van der Waals surface area contributed by atoms with Crippen molar-refractivity contribution >= 4 is 23.6 Å². The topological polar surface area (TPSA) is 92.4 Å². The number of furan rings is 1. The molecule has 0 atom stereocenters. The van der Waals surface area contributed by atoms with Crippen molar-refractivity contribution in [3.05, 3.63) is 53.4 Å². The van der Waals surface area contributed by atoms with Crippen LogP contribution in [0.3, 0.4) is 0 Å². The standard InChI is InChI=1S/C20H21F3N4O3S/c1-29-14-5-3-13(4-6-14)26-19-24-11-15(20(21,22)23)18(27-19)17-9-12(10-25-31-2)16(30-17)7-8-28/h3-6,9,11,25,28H,7-8,10H2,1-2H3,(H,24,26,27). The van der Waals surface area contributed by atoms with Crippen molar-refractivity contribution in [1.82, 2.24) is 14.7 Å². The summed E-state index contributed by atoms with van der Waals surface area (Å²) in [6.07, 6.45) is -1.94. The van der Waals surface area contributed by atoms with Crippen LogP contribution in [0.4, 0.5) is 24.8 Å². The number of aliphatic hydroxyl groups excluding tert-OH is 1. The lowest BCUT2D eigenvalue weighted by Gasteiger charge is -2.12. The van der Waals surface area contributed by atoms with Gasteiger partial charge in [-0.25, -0.2) is 9.97 Å². The molecule has 3 aromatic rings. The lowest BCUT2D eigenvalue weighted by atomic mass is 10.1. The van der Waals surface area contributed by atoms with E-state index in [1.165, 1.54) is 25.1 Å². The van der Waals surface area contributed by atoms with E-state index in [9.17, 15) is 18.3 Å². The number of rotatable bonds is 9. The fraction of sp³-hybridized carbons (Fsp3) is 0.300. The van der Waals surface area contributed by atoms with E-state index in [0.29, 0.717) is 29.3 Å². The maximum absolute atomic E-state index is 13.6. The number of hydrogen-bond donors (Lipinski definition) is 3. The Bertz CT molecular complexity index is 1010. The van der Waals surface area contributed by atoms with Crippen LogP contribution in [0, 0.1) is 0 Å². The van der Waals surface area contributed by atoms with E-state index in [4.69, 9.17) is 9.15 Å². The van der Waals surface area contributed by atoms with Gasteiger partial charge in [-0.1, -0.05) is 11.9 Å². The molecule has 3 N–H and O–H groups in total. The first-order valence-electron chi connectivity index (χ1n) is 9.19. The van der Waals surface area contributed by atoms with Gasteiger partial charge in [-0.05, 0) is 36.6 Å². The summed E-state index contributed by atoms with van der Waals surface area (Å²) in [6.45, 7) is 0.169.